The fourth-order valence-corrected chi connectivity index (χ4v) is 2.09. The van der Waals surface area contributed by atoms with Crippen molar-refractivity contribution in [2.24, 2.45) is 5.92 Å². The van der Waals surface area contributed by atoms with Gasteiger partial charge in [-0.25, -0.2) is 4.98 Å². The van der Waals surface area contributed by atoms with Crippen LogP contribution in [0.1, 0.15) is 44.4 Å². The van der Waals surface area contributed by atoms with Gasteiger partial charge >= 0.3 is 0 Å². The highest BCUT2D eigenvalue weighted by molar-refractivity contribution is 5.17. The zero-order valence-electron chi connectivity index (χ0n) is 10.1. The summed E-state index contributed by atoms with van der Waals surface area (Å²) in [6, 6.07) is 0. The Kier molecular flexibility index (Phi) is 3.73. The van der Waals surface area contributed by atoms with Gasteiger partial charge in [0, 0.05) is 12.2 Å². The van der Waals surface area contributed by atoms with E-state index in [9.17, 15) is 0 Å². The molecular formula is C12H22N2. The van der Waals surface area contributed by atoms with Crippen molar-refractivity contribution in [1.29, 1.82) is 0 Å². The molecule has 2 nitrogen and oxygen atoms in total. The largest absolute Gasteiger partial charge is 0.332 e. The number of hydrogen-bond donors (Lipinski definition) is 0. The van der Waals surface area contributed by atoms with Crippen molar-refractivity contribution in [3.63, 3.8) is 0 Å². The molecule has 2 heterocycles. The van der Waals surface area contributed by atoms with Crippen LogP contribution in [0.15, 0.2) is 0 Å². The first-order valence-corrected chi connectivity index (χ1v) is 5.71. The molecule has 0 saturated heterocycles. The van der Waals surface area contributed by atoms with Gasteiger partial charge in [-0.2, -0.15) is 0 Å². The summed E-state index contributed by atoms with van der Waals surface area (Å²) in [6.07, 6.45) is 2.52. The maximum absolute atomic E-state index is 4.49. The number of nitrogens with zero attached hydrogens (tertiary/aromatic N) is 2. The van der Waals surface area contributed by atoms with E-state index in [1.165, 1.54) is 36.6 Å². The summed E-state index contributed by atoms with van der Waals surface area (Å²) >= 11 is 0. The summed E-state index contributed by atoms with van der Waals surface area (Å²) < 4.78 is 2.37. The predicted octanol–water partition coefficient (Wildman–Crippen LogP) is 3.11. The summed E-state index contributed by atoms with van der Waals surface area (Å²) in [5.41, 5.74) is 2.70. The highest BCUT2D eigenvalue weighted by Gasteiger charge is 2.19. The Morgan fingerprint density at radius 1 is 1.29 bits per heavy atom. The van der Waals surface area contributed by atoms with E-state index < -0.39 is 0 Å². The van der Waals surface area contributed by atoms with Crippen LogP contribution in [0.5, 0.6) is 0 Å². The van der Waals surface area contributed by atoms with Crippen LogP contribution in [0, 0.1) is 19.8 Å². The molecule has 1 aliphatic heterocycles. The van der Waals surface area contributed by atoms with Crippen molar-refractivity contribution in [2.45, 2.75) is 54.0 Å². The second kappa shape index (κ2) is 4.63. The fraction of sp³-hybridized carbons (Fsp3) is 0.750. The Bertz CT molecular complexity index is 300. The minimum Gasteiger partial charge on any atom is -0.332 e. The Balaban J connectivity index is 0.000000461. The molecule has 0 fully saturated rings. The molecule has 1 aliphatic rings. The first-order valence-electron chi connectivity index (χ1n) is 5.71. The normalized spacial score (nSPS) is 19.6. The minimum absolute atomic E-state index is 0.840. The zero-order chi connectivity index (χ0) is 10.7. The van der Waals surface area contributed by atoms with Crippen LogP contribution in [0.3, 0.4) is 0 Å². The second-order valence-corrected chi connectivity index (χ2v) is 3.94. The second-order valence-electron chi connectivity index (χ2n) is 3.94. The molecule has 0 N–H and O–H groups in total. The van der Waals surface area contributed by atoms with Gasteiger partial charge in [0.15, 0.2) is 0 Å². The molecule has 0 aliphatic carbocycles. The quantitative estimate of drug-likeness (QED) is 0.620. The van der Waals surface area contributed by atoms with Crippen molar-refractivity contribution < 1.29 is 0 Å². The molecule has 0 amide bonds. The molecule has 1 atom stereocenters. The summed E-state index contributed by atoms with van der Waals surface area (Å²) in [7, 11) is 0. The van der Waals surface area contributed by atoms with Crippen LogP contribution in [0.4, 0.5) is 0 Å². The van der Waals surface area contributed by atoms with Crippen LogP contribution >= 0.6 is 0 Å². The van der Waals surface area contributed by atoms with E-state index in [-0.39, 0.29) is 0 Å². The first kappa shape index (κ1) is 11.3. The lowest BCUT2D eigenvalue weighted by Gasteiger charge is -2.21. The predicted molar refractivity (Wildman–Crippen MR) is 60.5 cm³/mol. The maximum Gasteiger partial charge on any atom is 0.106 e. The van der Waals surface area contributed by atoms with E-state index in [0.29, 0.717) is 0 Å². The molecule has 80 valence electrons. The smallest absolute Gasteiger partial charge is 0.106 e. The number of fused-ring (bicyclic) bond motifs is 1. The Morgan fingerprint density at radius 3 is 2.57 bits per heavy atom. The van der Waals surface area contributed by atoms with Crippen LogP contribution in [-0.4, -0.2) is 9.55 Å². The van der Waals surface area contributed by atoms with E-state index >= 15 is 0 Å². The molecule has 0 aromatic carbocycles. The highest BCUT2D eigenvalue weighted by atomic mass is 15.1. The topological polar surface area (TPSA) is 17.8 Å². The molecule has 1 aromatic heterocycles. The van der Waals surface area contributed by atoms with Crippen molar-refractivity contribution in [3.8, 4) is 0 Å². The van der Waals surface area contributed by atoms with Gasteiger partial charge in [0.05, 0.1) is 5.69 Å². The lowest BCUT2D eigenvalue weighted by atomic mass is 9.97. The van der Waals surface area contributed by atoms with Crippen LogP contribution in [-0.2, 0) is 13.0 Å². The number of imidazole rings is 1. The van der Waals surface area contributed by atoms with Gasteiger partial charge in [-0.15, -0.1) is 0 Å². The summed E-state index contributed by atoms with van der Waals surface area (Å²) in [4.78, 5) is 4.49. The Morgan fingerprint density at radius 2 is 1.93 bits per heavy atom. The van der Waals surface area contributed by atoms with Gasteiger partial charge in [0.25, 0.3) is 0 Å². The van der Waals surface area contributed by atoms with E-state index in [4.69, 9.17) is 0 Å². The third kappa shape index (κ3) is 1.99. The van der Waals surface area contributed by atoms with Crippen LogP contribution in [0.2, 0.25) is 0 Å². The third-order valence-electron chi connectivity index (χ3n) is 2.85. The molecule has 0 spiro atoms. The molecule has 0 radical (unpaired) electrons. The van der Waals surface area contributed by atoms with Crippen molar-refractivity contribution >= 4 is 0 Å². The molecular weight excluding hydrogens is 172 g/mol. The number of hydrogen-bond acceptors (Lipinski definition) is 1. The lowest BCUT2D eigenvalue weighted by molar-refractivity contribution is 0.411. The van der Waals surface area contributed by atoms with Gasteiger partial charge in [-0.05, 0) is 32.6 Å². The third-order valence-corrected chi connectivity index (χ3v) is 2.85. The summed E-state index contributed by atoms with van der Waals surface area (Å²) in [5, 5.41) is 0. The van der Waals surface area contributed by atoms with Gasteiger partial charge in [-0.1, -0.05) is 20.8 Å². The molecule has 14 heavy (non-hydrogen) atoms. The average molecular weight is 194 g/mol. The van der Waals surface area contributed by atoms with Crippen LogP contribution < -0.4 is 0 Å². The van der Waals surface area contributed by atoms with Crippen molar-refractivity contribution in [1.82, 2.24) is 9.55 Å². The van der Waals surface area contributed by atoms with Crippen molar-refractivity contribution in [3.05, 3.63) is 17.2 Å². The van der Waals surface area contributed by atoms with E-state index in [1.807, 2.05) is 13.8 Å². The molecule has 0 bridgehead atoms. The summed E-state index contributed by atoms with van der Waals surface area (Å²) in [5.74, 6) is 2.03. The average Bonchev–Trinajstić information content (AvgIpc) is 2.46. The first-order chi connectivity index (χ1) is 6.68. The van der Waals surface area contributed by atoms with Gasteiger partial charge in [-0.3, -0.25) is 0 Å². The molecule has 1 unspecified atom stereocenters. The Labute approximate surface area is 87.4 Å². The summed E-state index contributed by atoms with van der Waals surface area (Å²) in [6.45, 7) is 11.7. The standard InChI is InChI=1S/C10H16N2.C2H6/c1-7-4-5-12-9(3)11-8(2)10(12)6-7;1-2/h7H,4-6H2,1-3H3;1-2H3. The minimum atomic E-state index is 0.840. The highest BCUT2D eigenvalue weighted by Crippen LogP contribution is 2.23. The monoisotopic (exact) mass is 194 g/mol. The van der Waals surface area contributed by atoms with E-state index in [1.54, 1.807) is 0 Å². The van der Waals surface area contributed by atoms with Gasteiger partial charge in [0.2, 0.25) is 0 Å². The maximum atomic E-state index is 4.49. The van der Waals surface area contributed by atoms with Crippen LogP contribution in [0.25, 0.3) is 0 Å². The number of aryl methyl sites for hydroxylation is 2. The molecule has 2 heteroatoms. The van der Waals surface area contributed by atoms with E-state index in [0.717, 1.165) is 5.92 Å². The van der Waals surface area contributed by atoms with Gasteiger partial charge < -0.3 is 4.57 Å². The fourth-order valence-electron chi connectivity index (χ4n) is 2.09. The Hall–Kier alpha value is -0.790. The molecule has 0 saturated carbocycles. The SMILES string of the molecule is CC.Cc1nc(C)n2c1CC(C)CC2. The van der Waals surface area contributed by atoms with E-state index in [2.05, 4.69) is 30.3 Å². The lowest BCUT2D eigenvalue weighted by Crippen LogP contribution is -2.17. The molecule has 2 rings (SSSR count). The number of aromatic nitrogens is 2. The zero-order valence-corrected chi connectivity index (χ0v) is 10.1. The number of rotatable bonds is 0. The van der Waals surface area contributed by atoms with Crippen molar-refractivity contribution in [2.75, 3.05) is 0 Å². The molecule has 1 aromatic rings. The van der Waals surface area contributed by atoms with Gasteiger partial charge in [0.1, 0.15) is 5.82 Å².